The van der Waals surface area contributed by atoms with E-state index in [1.807, 2.05) is 0 Å². The van der Waals surface area contributed by atoms with Crippen LogP contribution < -0.4 is 0 Å². The first-order valence-corrected chi connectivity index (χ1v) is 0. The SMILES string of the molecule is C.O.[MgH2].[SrH2]. The van der Waals surface area contributed by atoms with E-state index in [4.69, 9.17) is 0 Å². The molecule has 0 bridgehead atoms. The predicted molar refractivity (Wildman–Crippen MR) is 27.4 cm³/mol. The molecule has 4 heavy (non-hydrogen) atoms. The third-order valence-electron chi connectivity index (χ3n) is 0. The van der Waals surface area contributed by atoms with Gasteiger partial charge in [0.05, 0.1) is 0 Å². The molecule has 0 radical (unpaired) electrons. The quantitative estimate of drug-likeness (QED) is 0.357. The Kier molecular flexibility index (Phi) is 163. The van der Waals surface area contributed by atoms with Crippen molar-refractivity contribution in [1.29, 1.82) is 0 Å². The van der Waals surface area contributed by atoms with Crippen molar-refractivity contribution < 1.29 is 5.48 Å². The van der Waals surface area contributed by atoms with Gasteiger partial charge in [0, 0.05) is 0 Å². The number of hydrogen-bond acceptors (Lipinski definition) is 0. The summed E-state index contributed by atoms with van der Waals surface area (Å²) in [5.41, 5.74) is 0. The first kappa shape index (κ1) is 34.6. The van der Waals surface area contributed by atoms with Crippen LogP contribution in [0.5, 0.6) is 0 Å². The normalized spacial score (nSPS) is 0. The van der Waals surface area contributed by atoms with Crippen LogP contribution in [0.2, 0.25) is 0 Å². The van der Waals surface area contributed by atoms with Crippen molar-refractivity contribution in [2.75, 3.05) is 0 Å². The average molecular weight is 150 g/mol. The minimum atomic E-state index is 0. The Morgan fingerprint density at radius 3 is 1.00 bits per heavy atom. The van der Waals surface area contributed by atoms with E-state index in [0.29, 0.717) is 0 Å². The van der Waals surface area contributed by atoms with Gasteiger partial charge in [0.1, 0.15) is 0 Å². The van der Waals surface area contributed by atoms with Crippen LogP contribution in [0.15, 0.2) is 0 Å². The van der Waals surface area contributed by atoms with E-state index in [0.717, 1.165) is 0 Å². The van der Waals surface area contributed by atoms with Crippen molar-refractivity contribution in [2.24, 2.45) is 0 Å². The maximum absolute atomic E-state index is 0. The van der Waals surface area contributed by atoms with E-state index in [1.54, 1.807) is 0 Å². The van der Waals surface area contributed by atoms with Crippen LogP contribution in [0.25, 0.3) is 0 Å². The molecule has 0 atom stereocenters. The van der Waals surface area contributed by atoms with Gasteiger partial charge >= 0.3 is 68.5 Å². The first-order valence-electron chi connectivity index (χ1n) is 0. The second kappa shape index (κ2) is 18.9. The van der Waals surface area contributed by atoms with E-state index in [-0.39, 0.29) is 81.4 Å². The molecule has 2 N–H and O–H groups in total. The van der Waals surface area contributed by atoms with Gasteiger partial charge in [0.2, 0.25) is 0 Å². The molecule has 0 fully saturated rings. The van der Waals surface area contributed by atoms with Crippen LogP contribution in [0.3, 0.4) is 0 Å². The van der Waals surface area contributed by atoms with E-state index in [1.165, 1.54) is 0 Å². The molecule has 24 valence electrons. The van der Waals surface area contributed by atoms with Gasteiger partial charge in [0.15, 0.2) is 0 Å². The van der Waals surface area contributed by atoms with Gasteiger partial charge in [-0.2, -0.15) is 0 Å². The van der Waals surface area contributed by atoms with Gasteiger partial charge in [-0.15, -0.1) is 0 Å². The van der Waals surface area contributed by atoms with Crippen LogP contribution >= 0.6 is 0 Å². The Hall–Kier alpha value is 2.21. The summed E-state index contributed by atoms with van der Waals surface area (Å²) >= 11 is 0. The molecule has 1 nitrogen and oxygen atoms in total. The van der Waals surface area contributed by atoms with Gasteiger partial charge in [0.25, 0.3) is 0 Å². The number of rotatable bonds is 0. The monoisotopic (exact) mass is 150 g/mol. The molecular formula is CH10MgOSr. The molecule has 0 saturated carbocycles. The predicted octanol–water partition coefficient (Wildman–Crippen LogP) is -2.02. The van der Waals surface area contributed by atoms with Gasteiger partial charge in [-0.25, -0.2) is 0 Å². The Morgan fingerprint density at radius 2 is 1.00 bits per heavy atom. The molecule has 0 amide bonds. The third-order valence-corrected chi connectivity index (χ3v) is 0. The molecule has 0 aliphatic heterocycles. The summed E-state index contributed by atoms with van der Waals surface area (Å²) in [5.74, 6) is 0. The zero-order chi connectivity index (χ0) is 0. The van der Waals surface area contributed by atoms with Crippen LogP contribution in [0, 0.1) is 0 Å². The molecule has 0 aromatic rings. The van der Waals surface area contributed by atoms with Crippen LogP contribution in [-0.4, -0.2) is 74.0 Å². The molecule has 0 heterocycles. The summed E-state index contributed by atoms with van der Waals surface area (Å²) in [5, 5.41) is 0. The number of hydrogen-bond donors (Lipinski definition) is 0. The Balaban J connectivity index is 0. The van der Waals surface area contributed by atoms with Crippen LogP contribution in [0.1, 0.15) is 7.43 Å². The zero-order valence-corrected chi connectivity index (χ0v) is 0.500. The average Bonchev–Trinajstić information content (AvgIpc) is 0. The Bertz CT molecular complexity index is 8.00. The molecule has 3 heteroatoms. The molecule has 0 unspecified atom stereocenters. The molecule has 0 aliphatic carbocycles. The van der Waals surface area contributed by atoms with E-state index in [2.05, 4.69) is 0 Å². The summed E-state index contributed by atoms with van der Waals surface area (Å²) in [6.45, 7) is 0. The van der Waals surface area contributed by atoms with E-state index < -0.39 is 0 Å². The second-order valence-corrected chi connectivity index (χ2v) is 0. The van der Waals surface area contributed by atoms with Crippen molar-refractivity contribution in [2.45, 2.75) is 7.43 Å². The molecule has 0 saturated heterocycles. The van der Waals surface area contributed by atoms with Crippen molar-refractivity contribution >= 4 is 68.5 Å². The van der Waals surface area contributed by atoms with Crippen molar-refractivity contribution in [3.63, 3.8) is 0 Å². The summed E-state index contributed by atoms with van der Waals surface area (Å²) in [6, 6.07) is 0. The summed E-state index contributed by atoms with van der Waals surface area (Å²) < 4.78 is 0. The summed E-state index contributed by atoms with van der Waals surface area (Å²) in [6.07, 6.45) is 0. The molecular weight excluding hydrogens is 140 g/mol. The van der Waals surface area contributed by atoms with E-state index in [9.17, 15) is 0 Å². The summed E-state index contributed by atoms with van der Waals surface area (Å²) in [4.78, 5) is 0. The fraction of sp³-hybridized carbons (Fsp3) is 1.00. The van der Waals surface area contributed by atoms with Gasteiger partial charge in [-0.05, 0) is 0 Å². The zero-order valence-electron chi connectivity index (χ0n) is 0.500. The molecule has 0 aliphatic rings. The van der Waals surface area contributed by atoms with Crippen LogP contribution in [0.4, 0.5) is 0 Å². The first-order chi connectivity index (χ1) is 0. The molecule has 0 aromatic carbocycles. The maximum atomic E-state index is 0. The Labute approximate surface area is 79.9 Å². The molecule has 0 spiro atoms. The standard InChI is InChI=1S/CH4.Mg.H2O.Sr.4H/h1H4;;1H2;;;;;. The third kappa shape index (κ3) is 8.88. The van der Waals surface area contributed by atoms with Crippen molar-refractivity contribution in [3.05, 3.63) is 0 Å². The van der Waals surface area contributed by atoms with Crippen molar-refractivity contribution in [1.82, 2.24) is 0 Å². The Morgan fingerprint density at radius 1 is 1.00 bits per heavy atom. The van der Waals surface area contributed by atoms with Crippen LogP contribution in [-0.2, 0) is 0 Å². The van der Waals surface area contributed by atoms with Gasteiger partial charge in [-0.1, -0.05) is 7.43 Å². The van der Waals surface area contributed by atoms with Gasteiger partial charge < -0.3 is 5.48 Å². The second-order valence-electron chi connectivity index (χ2n) is 0. The molecule has 0 aromatic heterocycles. The fourth-order valence-electron chi connectivity index (χ4n) is 0. The van der Waals surface area contributed by atoms with E-state index >= 15 is 0 Å². The van der Waals surface area contributed by atoms with Gasteiger partial charge in [-0.3, -0.25) is 0 Å². The van der Waals surface area contributed by atoms with Crippen molar-refractivity contribution in [3.8, 4) is 0 Å². The molecule has 0 rings (SSSR count). The summed E-state index contributed by atoms with van der Waals surface area (Å²) in [7, 11) is 0. The minimum absolute atomic E-state index is 0. The fourth-order valence-corrected chi connectivity index (χ4v) is 0. The topological polar surface area (TPSA) is 31.5 Å².